The smallest absolute Gasteiger partial charge is 0.305 e. The zero-order valence-electron chi connectivity index (χ0n) is 60.0. The number of nitrogens with zero attached hydrogens (tertiary/aromatic N) is 4. The highest BCUT2D eigenvalue weighted by molar-refractivity contribution is 8.76. The van der Waals surface area contributed by atoms with Crippen LogP contribution in [0.3, 0.4) is 0 Å². The number of aliphatic hydroxyl groups excluding tert-OH is 4. The van der Waals surface area contributed by atoms with Crippen LogP contribution in [0.25, 0.3) is 0 Å². The largest absolute Gasteiger partial charge is 0.464 e. The summed E-state index contributed by atoms with van der Waals surface area (Å²) < 4.78 is 5.76. The van der Waals surface area contributed by atoms with Crippen molar-refractivity contribution in [2.45, 2.75) is 328 Å². The molecule has 532 valence electrons. The summed E-state index contributed by atoms with van der Waals surface area (Å²) in [5.41, 5.74) is 0. The van der Waals surface area contributed by atoms with Crippen LogP contribution in [0.15, 0.2) is 72.9 Å². The average Bonchev–Trinajstić information content (AvgIpc) is 3.71. The maximum Gasteiger partial charge on any atom is 0.305 e. The van der Waals surface area contributed by atoms with E-state index in [0.29, 0.717) is 52.2 Å². The first-order valence-electron chi connectivity index (χ1n) is 38.6. The van der Waals surface area contributed by atoms with Crippen molar-refractivity contribution in [2.24, 2.45) is 0 Å². The van der Waals surface area contributed by atoms with Crippen LogP contribution in [0.1, 0.15) is 304 Å². The lowest BCUT2D eigenvalue weighted by molar-refractivity contribution is -0.144. The van der Waals surface area contributed by atoms with E-state index in [9.17, 15) is 25.2 Å². The van der Waals surface area contributed by atoms with Crippen LogP contribution in [0, 0.1) is 0 Å². The first-order chi connectivity index (χ1) is 44.7. The molecule has 1 saturated heterocycles. The predicted octanol–water partition coefficient (Wildman–Crippen LogP) is 19.8. The number of esters is 1. The van der Waals surface area contributed by atoms with Crippen LogP contribution >= 0.6 is 21.6 Å². The minimum Gasteiger partial charge on any atom is -0.464 e. The van der Waals surface area contributed by atoms with Crippen LogP contribution in [-0.2, 0) is 9.53 Å². The lowest BCUT2D eigenvalue weighted by atomic mass is 10.0. The van der Waals surface area contributed by atoms with Crippen molar-refractivity contribution in [3.05, 3.63) is 72.9 Å². The Morgan fingerprint density at radius 3 is 1.09 bits per heavy atom. The van der Waals surface area contributed by atoms with Gasteiger partial charge in [-0.3, -0.25) is 24.4 Å². The van der Waals surface area contributed by atoms with Crippen LogP contribution in [-0.4, -0.2) is 167 Å². The maximum absolute atomic E-state index is 13.0. The Bertz CT molecular complexity index is 1620. The molecule has 0 saturated carbocycles. The molecule has 4 atom stereocenters. The molecule has 4 N–H and O–H groups in total. The van der Waals surface area contributed by atoms with Crippen molar-refractivity contribution in [1.82, 2.24) is 19.6 Å². The number of allylic oxidation sites excluding steroid dienone is 12. The van der Waals surface area contributed by atoms with Crippen LogP contribution in [0.2, 0.25) is 0 Å². The van der Waals surface area contributed by atoms with Gasteiger partial charge in [0.1, 0.15) is 6.61 Å². The first-order valence-corrected chi connectivity index (χ1v) is 41.1. The molecule has 91 heavy (non-hydrogen) atoms. The lowest BCUT2D eigenvalue weighted by Crippen LogP contribution is -2.47. The monoisotopic (exact) mass is 1310 g/mol. The molecular weight excluding hydrogens is 1170 g/mol. The highest BCUT2D eigenvalue weighted by Gasteiger charge is 2.20. The van der Waals surface area contributed by atoms with Crippen molar-refractivity contribution in [2.75, 3.05) is 96.6 Å². The summed E-state index contributed by atoms with van der Waals surface area (Å²) in [6.07, 6.45) is 74.3. The van der Waals surface area contributed by atoms with Gasteiger partial charge in [-0.1, -0.05) is 289 Å². The number of carbonyl (C=O) groups is 1. The quantitative estimate of drug-likeness (QED) is 0.0201. The Morgan fingerprint density at radius 2 is 0.703 bits per heavy atom. The number of aliphatic hydroxyl groups is 4. The Kier molecular flexibility index (Phi) is 66.8. The van der Waals surface area contributed by atoms with Gasteiger partial charge in [0.05, 0.1) is 24.4 Å². The van der Waals surface area contributed by atoms with Gasteiger partial charge in [-0.25, -0.2) is 0 Å². The summed E-state index contributed by atoms with van der Waals surface area (Å²) in [7, 11) is 3.93. The van der Waals surface area contributed by atoms with Crippen molar-refractivity contribution in [3.8, 4) is 0 Å². The van der Waals surface area contributed by atoms with Gasteiger partial charge in [0.15, 0.2) is 0 Å². The molecule has 0 radical (unpaired) electrons. The van der Waals surface area contributed by atoms with Crippen molar-refractivity contribution >= 4 is 27.6 Å². The minimum atomic E-state index is -0.411. The molecule has 0 amide bonds. The SMILES string of the molecule is CC/C=C\C/C=C\C/C=C\CCCCCC[C@H](O)CN(CCCSSCCN1CCN(CCOC(=O)CCCN(CC(O)CCCCCCCCCCCC)CC(O)CCCCCCCCCCCC)CC1)C[C@@H](O)CCCCCC/C=C\C/C=C\C/C=C\CC. The topological polar surface area (TPSA) is 120 Å². The molecule has 0 aromatic rings. The summed E-state index contributed by atoms with van der Waals surface area (Å²) in [6, 6.07) is 0. The van der Waals surface area contributed by atoms with Gasteiger partial charge in [0.25, 0.3) is 0 Å². The van der Waals surface area contributed by atoms with Crippen LogP contribution in [0.5, 0.6) is 0 Å². The van der Waals surface area contributed by atoms with Crippen molar-refractivity contribution in [3.63, 3.8) is 0 Å². The second-order valence-corrected chi connectivity index (χ2v) is 29.4. The third-order valence-corrected chi connectivity index (χ3v) is 20.3. The zero-order valence-corrected chi connectivity index (χ0v) is 61.6. The fraction of sp³-hybridized carbons (Fsp3) is 0.835. The standard InChI is InChI=1S/C79H148N4O6S2/c1-5-9-13-17-21-25-29-31-33-35-39-43-47-51-57-77(86)73-83(74-78(87)58-52-48-44-40-36-34-32-30-26-22-18-14-10-6-2)61-54-69-90-91-70-67-81-64-62-80(63-65-81)66-68-89-79(88)59-53-60-82(71-75(84)55-49-45-41-37-27-23-19-15-11-7-3)72-76(85)56-50-46-42-38-28-24-20-16-12-8-4/h9-10,13-14,21-22,25-26,31-34,75-78,84-87H,5-8,11-12,15-20,23-24,27-30,35-74H2,1-4H3/b13-9-,14-10-,25-21-,26-22-,33-31-,34-32-/t75?,76?,77-,78-/m0/s1. The fourth-order valence-electron chi connectivity index (χ4n) is 12.1. The lowest BCUT2D eigenvalue weighted by Gasteiger charge is -2.34. The second kappa shape index (κ2) is 69.6. The maximum atomic E-state index is 13.0. The molecule has 1 aliphatic heterocycles. The van der Waals surface area contributed by atoms with E-state index in [2.05, 4.69) is 120 Å². The molecule has 1 aliphatic rings. The number of ether oxygens (including phenoxy) is 1. The highest BCUT2D eigenvalue weighted by atomic mass is 33.1. The van der Waals surface area contributed by atoms with Gasteiger partial charge in [-0.05, 0) is 116 Å². The molecular formula is C79H148N4O6S2. The summed E-state index contributed by atoms with van der Waals surface area (Å²) in [5.74, 6) is 2.00. The Morgan fingerprint density at radius 1 is 0.385 bits per heavy atom. The van der Waals surface area contributed by atoms with E-state index in [4.69, 9.17) is 4.74 Å². The van der Waals surface area contributed by atoms with Gasteiger partial charge in [0, 0.05) is 83.4 Å². The molecule has 0 aliphatic carbocycles. The minimum absolute atomic E-state index is 0.148. The molecule has 1 fully saturated rings. The van der Waals surface area contributed by atoms with E-state index in [1.807, 2.05) is 21.6 Å². The van der Waals surface area contributed by atoms with Crippen LogP contribution < -0.4 is 0 Å². The number of unbranched alkanes of at least 4 members (excludes halogenated alkanes) is 26. The third-order valence-electron chi connectivity index (χ3n) is 17.8. The van der Waals surface area contributed by atoms with E-state index in [0.717, 1.165) is 179 Å². The number of hydrogen-bond donors (Lipinski definition) is 4. The summed E-state index contributed by atoms with van der Waals surface area (Å²) in [5, 5.41) is 44.6. The van der Waals surface area contributed by atoms with Gasteiger partial charge in [0.2, 0.25) is 0 Å². The normalized spacial score (nSPS) is 15.3. The van der Waals surface area contributed by atoms with E-state index in [-0.39, 0.29) is 18.2 Å². The van der Waals surface area contributed by atoms with Crippen molar-refractivity contribution < 1.29 is 30.0 Å². The third kappa shape index (κ3) is 62.8. The van der Waals surface area contributed by atoms with E-state index < -0.39 is 12.2 Å². The molecule has 1 rings (SSSR count). The molecule has 0 aromatic heterocycles. The highest BCUT2D eigenvalue weighted by Crippen LogP contribution is 2.23. The van der Waals surface area contributed by atoms with Gasteiger partial charge < -0.3 is 25.2 Å². The van der Waals surface area contributed by atoms with Gasteiger partial charge >= 0.3 is 5.97 Å². The molecule has 1 heterocycles. The molecule has 0 spiro atoms. The Hall–Kier alpha value is -1.71. The number of carbonyl (C=O) groups excluding carboxylic acids is 1. The molecule has 0 aromatic carbocycles. The van der Waals surface area contributed by atoms with E-state index in [1.165, 1.54) is 141 Å². The van der Waals surface area contributed by atoms with Gasteiger partial charge in [-0.2, -0.15) is 0 Å². The second-order valence-electron chi connectivity index (χ2n) is 26.7. The molecule has 12 heteroatoms. The molecule has 2 unspecified atom stereocenters. The molecule has 10 nitrogen and oxygen atoms in total. The average molecular weight is 1310 g/mol. The Labute approximate surface area is 571 Å². The number of hydrogen-bond acceptors (Lipinski definition) is 12. The predicted molar refractivity (Wildman–Crippen MR) is 402 cm³/mol. The van der Waals surface area contributed by atoms with Crippen LogP contribution in [0.4, 0.5) is 0 Å². The summed E-state index contributed by atoms with van der Waals surface area (Å²) in [4.78, 5) is 22.5. The Balaban J connectivity index is 2.45. The zero-order chi connectivity index (χ0) is 65.8. The van der Waals surface area contributed by atoms with Gasteiger partial charge in [-0.15, -0.1) is 0 Å². The fourth-order valence-corrected chi connectivity index (χ4v) is 14.2. The summed E-state index contributed by atoms with van der Waals surface area (Å²) in [6.45, 7) is 19.2. The summed E-state index contributed by atoms with van der Waals surface area (Å²) >= 11 is 0. The van der Waals surface area contributed by atoms with Crippen molar-refractivity contribution in [1.29, 1.82) is 0 Å². The number of piperazine rings is 1. The van der Waals surface area contributed by atoms with E-state index in [1.54, 1.807) is 0 Å². The molecule has 0 bridgehead atoms. The first kappa shape index (κ1) is 87.3. The van der Waals surface area contributed by atoms with E-state index >= 15 is 0 Å². The number of rotatable bonds is 69.